The molecule has 0 fully saturated rings. The molecule has 2 heterocycles. The molecule has 0 saturated carbocycles. The van der Waals surface area contributed by atoms with Crippen LogP contribution in [-0.4, -0.2) is 26.1 Å². The number of amides is 1. The Morgan fingerprint density at radius 2 is 2.00 bits per heavy atom. The molecule has 2 aromatic heterocycles. The Morgan fingerprint density at radius 3 is 2.74 bits per heavy atom. The minimum absolute atomic E-state index is 0.170. The van der Waals surface area contributed by atoms with Crippen LogP contribution >= 0.6 is 0 Å². The molecule has 0 radical (unpaired) electrons. The molecule has 7 nitrogen and oxygen atoms in total. The highest BCUT2D eigenvalue weighted by molar-refractivity contribution is 5.93. The number of carbonyl (C=O) groups excluding carboxylic acids is 1. The molecule has 0 atom stereocenters. The predicted molar refractivity (Wildman–Crippen MR) is 84.8 cm³/mol. The van der Waals surface area contributed by atoms with E-state index in [0.29, 0.717) is 22.9 Å². The molecule has 0 unspecified atom stereocenters. The van der Waals surface area contributed by atoms with Crippen molar-refractivity contribution >= 4 is 5.91 Å². The Morgan fingerprint density at radius 1 is 1.22 bits per heavy atom. The van der Waals surface area contributed by atoms with Gasteiger partial charge in [0.2, 0.25) is 0 Å². The molecular weight excluding hydrogens is 294 g/mol. The van der Waals surface area contributed by atoms with Crippen molar-refractivity contribution in [3.05, 3.63) is 70.0 Å². The van der Waals surface area contributed by atoms with Crippen LogP contribution in [0.1, 0.15) is 22.0 Å². The van der Waals surface area contributed by atoms with Crippen LogP contribution in [-0.2, 0) is 6.54 Å². The monoisotopic (exact) mass is 309 g/mol. The molecular formula is C16H15N5O2. The van der Waals surface area contributed by atoms with Gasteiger partial charge in [-0.2, -0.15) is 5.10 Å². The van der Waals surface area contributed by atoms with E-state index in [9.17, 15) is 9.59 Å². The molecule has 23 heavy (non-hydrogen) atoms. The molecule has 0 bridgehead atoms. The Hall–Kier alpha value is -3.22. The van der Waals surface area contributed by atoms with Gasteiger partial charge in [0.1, 0.15) is 11.5 Å². The Kier molecular flexibility index (Phi) is 4.01. The minimum Gasteiger partial charge on any atom is -0.345 e. The van der Waals surface area contributed by atoms with Gasteiger partial charge in [-0.25, -0.2) is 4.98 Å². The van der Waals surface area contributed by atoms with Crippen LogP contribution in [0.4, 0.5) is 0 Å². The number of nitrogens with zero attached hydrogens (tertiary/aromatic N) is 2. The third-order valence-corrected chi connectivity index (χ3v) is 3.24. The SMILES string of the molecule is Cc1nc(CNC(=O)c2cc(-c3ccccc3)n[nH]2)cc(=O)[nH]1. The van der Waals surface area contributed by atoms with Gasteiger partial charge in [0.05, 0.1) is 17.9 Å². The van der Waals surface area contributed by atoms with Crippen LogP contribution in [0.2, 0.25) is 0 Å². The average Bonchev–Trinajstić information content (AvgIpc) is 3.03. The summed E-state index contributed by atoms with van der Waals surface area (Å²) in [5.74, 6) is 0.203. The molecule has 1 amide bonds. The summed E-state index contributed by atoms with van der Waals surface area (Å²) in [6.07, 6.45) is 0. The molecule has 3 aromatic rings. The molecule has 0 spiro atoms. The maximum absolute atomic E-state index is 12.1. The number of aromatic nitrogens is 4. The van der Waals surface area contributed by atoms with Crippen molar-refractivity contribution in [1.82, 2.24) is 25.5 Å². The number of aryl methyl sites for hydroxylation is 1. The minimum atomic E-state index is -0.306. The number of rotatable bonds is 4. The van der Waals surface area contributed by atoms with Crippen molar-refractivity contribution in [2.75, 3.05) is 0 Å². The van der Waals surface area contributed by atoms with Crippen molar-refractivity contribution in [2.45, 2.75) is 13.5 Å². The van der Waals surface area contributed by atoms with Crippen molar-refractivity contribution in [1.29, 1.82) is 0 Å². The standard InChI is InChI=1S/C16H15N5O2/c1-10-18-12(7-15(22)19-10)9-17-16(23)14-8-13(20-21-14)11-5-3-2-4-6-11/h2-8H,9H2,1H3,(H,17,23)(H,20,21)(H,18,19,22). The molecule has 1 aromatic carbocycles. The second kappa shape index (κ2) is 6.27. The fourth-order valence-corrected chi connectivity index (χ4v) is 2.19. The summed E-state index contributed by atoms with van der Waals surface area (Å²) in [5.41, 5.74) is 2.23. The molecule has 7 heteroatoms. The van der Waals surface area contributed by atoms with Gasteiger partial charge in [-0.05, 0) is 13.0 Å². The van der Waals surface area contributed by atoms with Crippen molar-refractivity contribution in [3.8, 4) is 11.3 Å². The zero-order valence-corrected chi connectivity index (χ0v) is 12.5. The Bertz CT molecular complexity index is 883. The second-order valence-electron chi connectivity index (χ2n) is 5.04. The van der Waals surface area contributed by atoms with Gasteiger partial charge in [-0.1, -0.05) is 30.3 Å². The zero-order chi connectivity index (χ0) is 16.2. The van der Waals surface area contributed by atoms with Crippen LogP contribution in [0.15, 0.2) is 47.3 Å². The van der Waals surface area contributed by atoms with Gasteiger partial charge < -0.3 is 10.3 Å². The Balaban J connectivity index is 1.69. The van der Waals surface area contributed by atoms with Gasteiger partial charge in [0.25, 0.3) is 11.5 Å². The number of carbonyl (C=O) groups is 1. The van der Waals surface area contributed by atoms with Crippen molar-refractivity contribution in [3.63, 3.8) is 0 Å². The first-order valence-electron chi connectivity index (χ1n) is 7.08. The van der Waals surface area contributed by atoms with Crippen LogP contribution in [0.5, 0.6) is 0 Å². The van der Waals surface area contributed by atoms with E-state index in [1.807, 2.05) is 30.3 Å². The number of benzene rings is 1. The highest BCUT2D eigenvalue weighted by atomic mass is 16.2. The van der Waals surface area contributed by atoms with Crippen LogP contribution < -0.4 is 10.9 Å². The first-order chi connectivity index (χ1) is 11.1. The summed E-state index contributed by atoms with van der Waals surface area (Å²) in [5, 5.41) is 9.56. The molecule has 3 N–H and O–H groups in total. The molecule has 116 valence electrons. The van der Waals surface area contributed by atoms with Gasteiger partial charge in [-0.3, -0.25) is 14.7 Å². The quantitative estimate of drug-likeness (QED) is 0.677. The first-order valence-corrected chi connectivity index (χ1v) is 7.08. The maximum Gasteiger partial charge on any atom is 0.269 e. The van der Waals surface area contributed by atoms with E-state index in [0.717, 1.165) is 5.56 Å². The lowest BCUT2D eigenvalue weighted by atomic mass is 10.1. The summed E-state index contributed by atoms with van der Waals surface area (Å²) < 4.78 is 0. The molecule has 0 saturated heterocycles. The number of H-pyrrole nitrogens is 2. The highest BCUT2D eigenvalue weighted by Crippen LogP contribution is 2.16. The molecule has 0 aliphatic carbocycles. The van der Waals surface area contributed by atoms with E-state index in [4.69, 9.17) is 0 Å². The fraction of sp³-hybridized carbons (Fsp3) is 0.125. The van der Waals surface area contributed by atoms with Crippen LogP contribution in [0.3, 0.4) is 0 Å². The number of nitrogens with one attached hydrogen (secondary N) is 3. The lowest BCUT2D eigenvalue weighted by Crippen LogP contribution is -2.25. The lowest BCUT2D eigenvalue weighted by Gasteiger charge is -2.03. The number of aromatic amines is 2. The van der Waals surface area contributed by atoms with Gasteiger partial charge in [-0.15, -0.1) is 0 Å². The van der Waals surface area contributed by atoms with E-state index in [-0.39, 0.29) is 18.0 Å². The summed E-state index contributed by atoms with van der Waals surface area (Å²) in [4.78, 5) is 30.2. The van der Waals surface area contributed by atoms with E-state index in [1.54, 1.807) is 13.0 Å². The molecule has 0 aliphatic rings. The van der Waals surface area contributed by atoms with Gasteiger partial charge >= 0.3 is 0 Å². The lowest BCUT2D eigenvalue weighted by molar-refractivity contribution is 0.0945. The summed E-state index contributed by atoms with van der Waals surface area (Å²) in [6, 6.07) is 12.6. The van der Waals surface area contributed by atoms with E-state index in [1.165, 1.54) is 6.07 Å². The predicted octanol–water partition coefficient (Wildman–Crippen LogP) is 1.40. The van der Waals surface area contributed by atoms with Crippen LogP contribution in [0.25, 0.3) is 11.3 Å². The third-order valence-electron chi connectivity index (χ3n) is 3.24. The molecule has 0 aliphatic heterocycles. The molecule has 3 rings (SSSR count). The summed E-state index contributed by atoms with van der Waals surface area (Å²) in [7, 11) is 0. The van der Waals surface area contributed by atoms with Crippen molar-refractivity contribution in [2.24, 2.45) is 0 Å². The fourth-order valence-electron chi connectivity index (χ4n) is 2.19. The Labute approximate surface area is 131 Å². The van der Waals surface area contributed by atoms with Crippen LogP contribution in [0, 0.1) is 6.92 Å². The second-order valence-corrected chi connectivity index (χ2v) is 5.04. The van der Waals surface area contributed by atoms with Crippen molar-refractivity contribution < 1.29 is 4.79 Å². The third kappa shape index (κ3) is 3.52. The number of hydrogen-bond donors (Lipinski definition) is 3. The zero-order valence-electron chi connectivity index (χ0n) is 12.5. The maximum atomic E-state index is 12.1. The largest absolute Gasteiger partial charge is 0.345 e. The topological polar surface area (TPSA) is 104 Å². The summed E-state index contributed by atoms with van der Waals surface area (Å²) in [6.45, 7) is 1.86. The van der Waals surface area contributed by atoms with Gasteiger partial charge in [0.15, 0.2) is 0 Å². The average molecular weight is 309 g/mol. The van der Waals surface area contributed by atoms with E-state index < -0.39 is 0 Å². The normalized spacial score (nSPS) is 10.5. The van der Waals surface area contributed by atoms with E-state index >= 15 is 0 Å². The summed E-state index contributed by atoms with van der Waals surface area (Å²) >= 11 is 0. The highest BCUT2D eigenvalue weighted by Gasteiger charge is 2.11. The van der Waals surface area contributed by atoms with E-state index in [2.05, 4.69) is 25.5 Å². The van der Waals surface area contributed by atoms with Gasteiger partial charge in [0, 0.05) is 11.6 Å². The first kappa shape index (κ1) is 14.7. The number of hydrogen-bond acceptors (Lipinski definition) is 4. The smallest absolute Gasteiger partial charge is 0.269 e.